The lowest BCUT2D eigenvalue weighted by Crippen LogP contribution is -2.40. The van der Waals surface area contributed by atoms with Crippen molar-refractivity contribution < 1.29 is 9.59 Å². The van der Waals surface area contributed by atoms with Crippen molar-refractivity contribution in [2.75, 3.05) is 13.1 Å². The molecule has 1 aromatic carbocycles. The Morgan fingerprint density at radius 1 is 1.50 bits per heavy atom. The number of likely N-dealkylation sites (tertiary alicyclic amines) is 1. The minimum Gasteiger partial charge on any atom is -0.351 e. The third-order valence-corrected chi connectivity index (χ3v) is 4.01. The van der Waals surface area contributed by atoms with E-state index in [2.05, 4.69) is 21.2 Å². The maximum atomic E-state index is 12.0. The first-order chi connectivity index (χ1) is 9.45. The highest BCUT2D eigenvalue weighted by molar-refractivity contribution is 9.10. The lowest BCUT2D eigenvalue weighted by Gasteiger charge is -2.15. The topological polar surface area (TPSA) is 75.4 Å². The summed E-state index contributed by atoms with van der Waals surface area (Å²) in [6.07, 6.45) is 1.11. The van der Waals surface area contributed by atoms with E-state index in [1.54, 1.807) is 4.90 Å². The number of rotatable bonds is 3. The second-order valence-electron chi connectivity index (χ2n) is 5.08. The molecule has 1 heterocycles. The predicted molar refractivity (Wildman–Crippen MR) is 80.3 cm³/mol. The largest absolute Gasteiger partial charge is 0.351 e. The zero-order valence-electron chi connectivity index (χ0n) is 11.4. The van der Waals surface area contributed by atoms with Crippen LogP contribution in [0.2, 0.25) is 0 Å². The molecule has 3 N–H and O–H groups in total. The molecule has 0 unspecified atom stereocenters. The van der Waals surface area contributed by atoms with Gasteiger partial charge in [-0.3, -0.25) is 4.79 Å². The molecule has 2 rings (SSSR count). The van der Waals surface area contributed by atoms with Crippen molar-refractivity contribution in [3.8, 4) is 0 Å². The van der Waals surface area contributed by atoms with Crippen molar-refractivity contribution >= 4 is 27.9 Å². The van der Waals surface area contributed by atoms with E-state index in [4.69, 9.17) is 5.73 Å². The second-order valence-corrected chi connectivity index (χ2v) is 6.00. The van der Waals surface area contributed by atoms with Gasteiger partial charge in [0.05, 0.1) is 6.42 Å². The Bertz CT molecular complexity index is 533. The smallest absolute Gasteiger partial charge is 0.314 e. The van der Waals surface area contributed by atoms with Crippen molar-refractivity contribution in [3.05, 3.63) is 33.8 Å². The van der Waals surface area contributed by atoms with Crippen LogP contribution in [-0.4, -0.2) is 36.0 Å². The van der Waals surface area contributed by atoms with Gasteiger partial charge in [-0.15, -0.1) is 0 Å². The van der Waals surface area contributed by atoms with Gasteiger partial charge in [0.1, 0.15) is 0 Å². The number of benzene rings is 1. The first-order valence-corrected chi connectivity index (χ1v) is 7.34. The highest BCUT2D eigenvalue weighted by Gasteiger charge is 2.25. The minimum absolute atomic E-state index is 0.00533. The number of carbonyl (C=O) groups is 2. The van der Waals surface area contributed by atoms with Crippen molar-refractivity contribution in [2.45, 2.75) is 25.8 Å². The Kier molecular flexibility index (Phi) is 4.65. The van der Waals surface area contributed by atoms with E-state index in [9.17, 15) is 9.59 Å². The van der Waals surface area contributed by atoms with Gasteiger partial charge in [-0.1, -0.05) is 22.0 Å². The molecular formula is C14H18BrN3O2. The molecule has 5 nitrogen and oxygen atoms in total. The number of aryl methyl sites for hydroxylation is 1. The van der Waals surface area contributed by atoms with E-state index in [1.165, 1.54) is 0 Å². The average Bonchev–Trinajstić information content (AvgIpc) is 2.81. The van der Waals surface area contributed by atoms with Crippen LogP contribution in [0.15, 0.2) is 22.7 Å². The normalized spacial score (nSPS) is 18.1. The molecule has 1 saturated heterocycles. The van der Waals surface area contributed by atoms with Gasteiger partial charge in [0.25, 0.3) is 0 Å². The van der Waals surface area contributed by atoms with E-state index in [0.29, 0.717) is 19.5 Å². The van der Waals surface area contributed by atoms with Gasteiger partial charge in [0.2, 0.25) is 5.91 Å². The second kappa shape index (κ2) is 6.26. The third kappa shape index (κ3) is 3.72. The molecule has 0 aromatic heterocycles. The lowest BCUT2D eigenvalue weighted by molar-refractivity contribution is -0.121. The average molecular weight is 340 g/mol. The maximum Gasteiger partial charge on any atom is 0.314 e. The molecule has 108 valence electrons. The molecule has 0 radical (unpaired) electrons. The fourth-order valence-corrected chi connectivity index (χ4v) is 2.86. The van der Waals surface area contributed by atoms with Crippen LogP contribution in [-0.2, 0) is 11.2 Å². The molecular weight excluding hydrogens is 322 g/mol. The van der Waals surface area contributed by atoms with Crippen LogP contribution in [0, 0.1) is 6.92 Å². The summed E-state index contributed by atoms with van der Waals surface area (Å²) in [6.45, 7) is 3.09. The highest BCUT2D eigenvalue weighted by Crippen LogP contribution is 2.16. The summed E-state index contributed by atoms with van der Waals surface area (Å²) in [5, 5.41) is 2.95. The molecule has 3 amide bonds. The fourth-order valence-electron chi connectivity index (χ4n) is 2.39. The van der Waals surface area contributed by atoms with Crippen molar-refractivity contribution in [1.29, 1.82) is 0 Å². The first-order valence-electron chi connectivity index (χ1n) is 6.54. The number of hydrogen-bond donors (Lipinski definition) is 2. The molecule has 1 fully saturated rings. The molecule has 0 bridgehead atoms. The summed E-state index contributed by atoms with van der Waals surface area (Å²) in [4.78, 5) is 24.6. The number of carbonyl (C=O) groups excluding carboxylic acids is 2. The molecule has 6 heteroatoms. The van der Waals surface area contributed by atoms with Gasteiger partial charge in [-0.05, 0) is 36.6 Å². The molecule has 0 aliphatic carbocycles. The number of primary amides is 1. The standard InChI is InChI=1S/C14H18BrN3O2/c1-9-6-11(15)3-2-10(9)7-13(19)17-12-4-5-18(8-12)14(16)20/h2-3,6,12H,4-5,7-8H2,1H3,(H2,16,20)(H,17,19)/t12-/m0/s1. The monoisotopic (exact) mass is 339 g/mol. The summed E-state index contributed by atoms with van der Waals surface area (Å²) >= 11 is 3.40. The first kappa shape index (κ1) is 14.8. The van der Waals surface area contributed by atoms with Crippen molar-refractivity contribution in [3.63, 3.8) is 0 Å². The highest BCUT2D eigenvalue weighted by atomic mass is 79.9. The molecule has 1 aliphatic heterocycles. The Morgan fingerprint density at radius 2 is 2.25 bits per heavy atom. The lowest BCUT2D eigenvalue weighted by atomic mass is 10.1. The van der Waals surface area contributed by atoms with Crippen LogP contribution in [0.4, 0.5) is 4.79 Å². The number of urea groups is 1. The number of nitrogens with zero attached hydrogens (tertiary/aromatic N) is 1. The zero-order valence-corrected chi connectivity index (χ0v) is 12.9. The van der Waals surface area contributed by atoms with Gasteiger partial charge in [-0.25, -0.2) is 4.79 Å². The third-order valence-electron chi connectivity index (χ3n) is 3.52. The number of nitrogens with one attached hydrogen (secondary N) is 1. The zero-order chi connectivity index (χ0) is 14.7. The van der Waals surface area contributed by atoms with E-state index < -0.39 is 6.03 Å². The summed E-state index contributed by atoms with van der Waals surface area (Å²) in [7, 11) is 0. The Hall–Kier alpha value is -1.56. The van der Waals surface area contributed by atoms with Crippen LogP contribution in [0.5, 0.6) is 0 Å². The van der Waals surface area contributed by atoms with E-state index in [1.807, 2.05) is 25.1 Å². The Labute approximate surface area is 126 Å². The number of halogens is 1. The van der Waals surface area contributed by atoms with Crippen LogP contribution in [0.3, 0.4) is 0 Å². The molecule has 0 saturated carbocycles. The SMILES string of the molecule is Cc1cc(Br)ccc1CC(=O)N[C@H]1CCN(C(N)=O)C1. The van der Waals surface area contributed by atoms with Crippen molar-refractivity contribution in [1.82, 2.24) is 10.2 Å². The minimum atomic E-state index is -0.425. The van der Waals surface area contributed by atoms with Crippen molar-refractivity contribution in [2.24, 2.45) is 5.73 Å². The predicted octanol–water partition coefficient (Wildman–Crippen LogP) is 1.57. The van der Waals surface area contributed by atoms with Gasteiger partial charge in [0, 0.05) is 23.6 Å². The molecule has 20 heavy (non-hydrogen) atoms. The fraction of sp³-hybridized carbons (Fsp3) is 0.429. The van der Waals surface area contributed by atoms with Gasteiger partial charge >= 0.3 is 6.03 Å². The number of hydrogen-bond acceptors (Lipinski definition) is 2. The summed E-state index contributed by atoms with van der Waals surface area (Å²) in [6, 6.07) is 5.45. The maximum absolute atomic E-state index is 12.0. The molecule has 0 spiro atoms. The van der Waals surface area contributed by atoms with Crippen LogP contribution < -0.4 is 11.1 Å². The van der Waals surface area contributed by atoms with Crippen LogP contribution in [0.1, 0.15) is 17.5 Å². The Morgan fingerprint density at radius 3 is 2.85 bits per heavy atom. The summed E-state index contributed by atoms with van der Waals surface area (Å²) in [5.41, 5.74) is 7.31. The van der Waals surface area contributed by atoms with E-state index in [-0.39, 0.29) is 11.9 Å². The summed E-state index contributed by atoms with van der Waals surface area (Å²) in [5.74, 6) is -0.0215. The molecule has 1 atom stereocenters. The van der Waals surface area contributed by atoms with Gasteiger partial charge in [0.15, 0.2) is 0 Å². The number of amides is 3. The van der Waals surface area contributed by atoms with Gasteiger partial charge in [-0.2, -0.15) is 0 Å². The van der Waals surface area contributed by atoms with E-state index in [0.717, 1.165) is 22.0 Å². The molecule has 1 aromatic rings. The Balaban J connectivity index is 1.88. The quantitative estimate of drug-likeness (QED) is 0.876. The summed E-state index contributed by atoms with van der Waals surface area (Å²) < 4.78 is 1.01. The van der Waals surface area contributed by atoms with E-state index >= 15 is 0 Å². The van der Waals surface area contributed by atoms with Gasteiger partial charge < -0.3 is 16.0 Å². The molecule has 1 aliphatic rings. The number of nitrogens with two attached hydrogens (primary N) is 1. The van der Waals surface area contributed by atoms with Crippen LogP contribution in [0.25, 0.3) is 0 Å². The van der Waals surface area contributed by atoms with Crippen LogP contribution >= 0.6 is 15.9 Å².